The van der Waals surface area contributed by atoms with Gasteiger partial charge in [-0.05, 0) is 30.7 Å². The summed E-state index contributed by atoms with van der Waals surface area (Å²) in [5, 5.41) is 19.5. The lowest BCUT2D eigenvalue weighted by Gasteiger charge is -2.37. The van der Waals surface area contributed by atoms with Gasteiger partial charge in [-0.3, -0.25) is 4.79 Å². The molecule has 7 nitrogen and oxygen atoms in total. The molecule has 3 aromatic rings. The molecule has 198 valence electrons. The molecule has 0 aliphatic heterocycles. The minimum absolute atomic E-state index is 0.0677. The minimum atomic E-state index is -5.21. The van der Waals surface area contributed by atoms with Crippen LogP contribution in [0.3, 0.4) is 0 Å². The number of alkyl halides is 6. The monoisotopic (exact) mass is 550 g/mol. The zero-order valence-corrected chi connectivity index (χ0v) is 19.6. The molecule has 3 rings (SSSR count). The highest BCUT2D eigenvalue weighted by atomic mass is 35.5. The van der Waals surface area contributed by atoms with Crippen LogP contribution in [0.1, 0.15) is 45.5 Å². The van der Waals surface area contributed by atoms with Gasteiger partial charge in [-0.1, -0.05) is 24.6 Å². The Balaban J connectivity index is 2.00. The number of nitrogens with zero attached hydrogens (tertiary/aromatic N) is 1. The maximum Gasteiger partial charge on any atom is 0.422 e. The molecule has 3 N–H and O–H groups in total. The number of hydrogen-bond acceptors (Lipinski definition) is 5. The van der Waals surface area contributed by atoms with E-state index in [0.29, 0.717) is 12.3 Å². The Morgan fingerprint density at radius 2 is 1.78 bits per heavy atom. The van der Waals surface area contributed by atoms with Crippen LogP contribution in [-0.4, -0.2) is 32.3 Å². The first-order chi connectivity index (χ1) is 17.0. The fraction of sp³-hybridized carbons (Fsp3) is 0.261. The van der Waals surface area contributed by atoms with Crippen LogP contribution in [0, 0.1) is 6.92 Å². The van der Waals surface area contributed by atoms with Crippen molar-refractivity contribution in [2.75, 3.05) is 0 Å². The number of nitrogens with one attached hydrogen (secondary N) is 1. The minimum Gasteiger partial charge on any atom is -0.478 e. The molecular weight excluding hydrogens is 534 g/mol. The van der Waals surface area contributed by atoms with Crippen LogP contribution in [0.25, 0.3) is 0 Å². The number of benzene rings is 1. The second-order valence-corrected chi connectivity index (χ2v) is 8.45. The molecule has 0 radical (unpaired) electrons. The van der Waals surface area contributed by atoms with Gasteiger partial charge in [0.05, 0.1) is 11.1 Å². The number of H-pyrrole nitrogens is 1. The summed E-state index contributed by atoms with van der Waals surface area (Å²) in [6.07, 6.45) is -9.04. The van der Waals surface area contributed by atoms with Crippen LogP contribution >= 0.6 is 11.6 Å². The Labute approximate surface area is 209 Å². The summed E-state index contributed by atoms with van der Waals surface area (Å²) in [5.41, 5.74) is -7.64. The van der Waals surface area contributed by atoms with Gasteiger partial charge in [0.25, 0.3) is 5.56 Å². The lowest BCUT2D eigenvalue weighted by molar-refractivity contribution is -0.274. The van der Waals surface area contributed by atoms with E-state index in [1.54, 1.807) is 0 Å². The van der Waals surface area contributed by atoms with Crippen LogP contribution in [0.2, 0.25) is 5.02 Å². The van der Waals surface area contributed by atoms with Crippen LogP contribution in [0.4, 0.5) is 26.3 Å². The molecule has 2 aromatic heterocycles. The third-order valence-corrected chi connectivity index (χ3v) is 5.99. The number of aromatic nitrogens is 2. The summed E-state index contributed by atoms with van der Waals surface area (Å²) in [4.78, 5) is 28.3. The molecule has 1 aromatic carbocycles. The van der Waals surface area contributed by atoms with Gasteiger partial charge in [-0.15, -0.1) is 0 Å². The molecule has 0 saturated carbocycles. The van der Waals surface area contributed by atoms with Gasteiger partial charge >= 0.3 is 18.3 Å². The van der Waals surface area contributed by atoms with E-state index < -0.39 is 58.0 Å². The number of carboxylic acid groups (broad SMARTS) is 1. The second-order valence-electron chi connectivity index (χ2n) is 8.04. The van der Waals surface area contributed by atoms with Gasteiger partial charge in [-0.2, -0.15) is 26.3 Å². The lowest BCUT2D eigenvalue weighted by atomic mass is 9.78. The molecule has 2 unspecified atom stereocenters. The maximum atomic E-state index is 14.1. The second kappa shape index (κ2) is 9.71. The van der Waals surface area contributed by atoms with Gasteiger partial charge in [0.15, 0.2) is 5.60 Å². The van der Waals surface area contributed by atoms with Crippen molar-refractivity contribution in [2.45, 2.75) is 37.7 Å². The largest absolute Gasteiger partial charge is 0.478 e. The molecular formula is C23H17ClF6N2O5. The average molecular weight is 551 g/mol. The summed E-state index contributed by atoms with van der Waals surface area (Å²) in [6.45, 7) is 2.32. The van der Waals surface area contributed by atoms with Crippen molar-refractivity contribution in [3.63, 3.8) is 0 Å². The number of ether oxygens (including phenoxy) is 1. The van der Waals surface area contributed by atoms with E-state index in [0.717, 1.165) is 37.4 Å². The van der Waals surface area contributed by atoms with Crippen molar-refractivity contribution in [3.8, 4) is 11.6 Å². The Morgan fingerprint density at radius 3 is 2.30 bits per heavy atom. The first-order valence-corrected chi connectivity index (χ1v) is 10.6. The molecule has 0 aliphatic rings. The zero-order chi connectivity index (χ0) is 27.9. The molecule has 37 heavy (non-hydrogen) atoms. The number of aliphatic hydroxyl groups is 1. The Kier molecular flexibility index (Phi) is 7.35. The molecule has 0 aliphatic carbocycles. The number of aryl methyl sites for hydroxylation is 1. The van der Waals surface area contributed by atoms with E-state index in [1.807, 2.05) is 0 Å². The van der Waals surface area contributed by atoms with Crippen LogP contribution in [0.5, 0.6) is 11.6 Å². The van der Waals surface area contributed by atoms with Crippen LogP contribution < -0.4 is 10.3 Å². The number of aromatic amines is 1. The highest BCUT2D eigenvalue weighted by molar-refractivity contribution is 6.31. The SMILES string of the molecule is Cc1cc(C(O)(C(C)c2ccc(Oc3cc(C(F)(F)F)c(C(=O)O)cn3)cc2Cl)C(F)(F)F)c[nH]c1=O. The predicted molar refractivity (Wildman–Crippen MR) is 118 cm³/mol. The van der Waals surface area contributed by atoms with E-state index in [4.69, 9.17) is 21.4 Å². The number of carbonyl (C=O) groups is 1. The highest BCUT2D eigenvalue weighted by Gasteiger charge is 2.59. The van der Waals surface area contributed by atoms with E-state index in [2.05, 4.69) is 9.97 Å². The van der Waals surface area contributed by atoms with Crippen molar-refractivity contribution in [2.24, 2.45) is 0 Å². The van der Waals surface area contributed by atoms with E-state index >= 15 is 0 Å². The van der Waals surface area contributed by atoms with E-state index in [-0.39, 0.29) is 21.9 Å². The highest BCUT2D eigenvalue weighted by Crippen LogP contribution is 2.50. The van der Waals surface area contributed by atoms with Gasteiger partial charge in [-0.25, -0.2) is 9.78 Å². The molecule has 0 fully saturated rings. The smallest absolute Gasteiger partial charge is 0.422 e. The normalized spacial score (nSPS) is 14.6. The number of halogens is 7. The Bertz CT molecular complexity index is 1410. The van der Waals surface area contributed by atoms with E-state index in [9.17, 15) is 41.0 Å². The Hall–Kier alpha value is -3.58. The lowest BCUT2D eigenvalue weighted by Crippen LogP contribution is -2.47. The van der Waals surface area contributed by atoms with E-state index in [1.165, 1.54) is 6.92 Å². The Morgan fingerprint density at radius 1 is 1.14 bits per heavy atom. The standard InChI is InChI=1S/C23H17ClF6N2O5/c1-10-5-12(8-32-19(10)33)21(36,23(28,29)30)11(2)14-4-3-13(6-17(14)24)37-18-7-16(22(25,26)27)15(9-31-18)20(34)35/h3-9,11,36H,1-2H3,(H,32,33)(H,34,35). The van der Waals surface area contributed by atoms with Crippen molar-refractivity contribution < 1.29 is 46.1 Å². The molecule has 14 heteroatoms. The van der Waals surface area contributed by atoms with Crippen LogP contribution in [-0.2, 0) is 11.8 Å². The average Bonchev–Trinajstić information content (AvgIpc) is 2.78. The number of rotatable bonds is 6. The van der Waals surface area contributed by atoms with Crippen molar-refractivity contribution in [1.29, 1.82) is 0 Å². The quantitative estimate of drug-likeness (QED) is 0.335. The molecule has 0 bridgehead atoms. The summed E-state index contributed by atoms with van der Waals surface area (Å²) in [5.74, 6) is -4.45. The maximum absolute atomic E-state index is 14.1. The summed E-state index contributed by atoms with van der Waals surface area (Å²) in [6, 6.07) is 4.43. The molecule has 2 heterocycles. The first kappa shape index (κ1) is 28.0. The fourth-order valence-electron chi connectivity index (χ4n) is 3.64. The molecule has 0 amide bonds. The fourth-order valence-corrected chi connectivity index (χ4v) is 3.98. The first-order valence-electron chi connectivity index (χ1n) is 10.2. The summed E-state index contributed by atoms with van der Waals surface area (Å²) < 4.78 is 87.3. The summed E-state index contributed by atoms with van der Waals surface area (Å²) >= 11 is 6.17. The molecule has 0 spiro atoms. The molecule has 2 atom stereocenters. The third kappa shape index (κ3) is 5.42. The van der Waals surface area contributed by atoms with Gasteiger partial charge in [0.2, 0.25) is 5.88 Å². The van der Waals surface area contributed by atoms with Gasteiger partial charge in [0, 0.05) is 40.5 Å². The zero-order valence-electron chi connectivity index (χ0n) is 18.8. The third-order valence-electron chi connectivity index (χ3n) is 5.66. The number of aromatic carboxylic acids is 1. The number of carboxylic acids is 1. The van der Waals surface area contributed by atoms with Crippen molar-refractivity contribution in [1.82, 2.24) is 9.97 Å². The summed E-state index contributed by atoms with van der Waals surface area (Å²) in [7, 11) is 0. The topological polar surface area (TPSA) is 113 Å². The van der Waals surface area contributed by atoms with Crippen molar-refractivity contribution in [3.05, 3.63) is 85.9 Å². The molecule has 0 saturated heterocycles. The van der Waals surface area contributed by atoms with Gasteiger partial charge < -0.3 is 19.9 Å². The number of pyridine rings is 2. The van der Waals surface area contributed by atoms with Crippen molar-refractivity contribution >= 4 is 17.6 Å². The number of hydrogen-bond donors (Lipinski definition) is 3. The van der Waals surface area contributed by atoms with Gasteiger partial charge in [0.1, 0.15) is 5.75 Å². The van der Waals surface area contributed by atoms with Crippen LogP contribution in [0.15, 0.2) is 47.5 Å². The predicted octanol–water partition coefficient (Wildman–Crippen LogP) is 5.79.